The second kappa shape index (κ2) is 2.98. The zero-order valence-corrected chi connectivity index (χ0v) is 8.54. The van der Waals surface area contributed by atoms with Gasteiger partial charge in [0.25, 0.3) is 0 Å². The normalized spacial score (nSPS) is 52.8. The van der Waals surface area contributed by atoms with Crippen LogP contribution in [0.4, 0.5) is 0 Å². The average Bonchev–Trinajstić information content (AvgIpc) is 2.10. The molecule has 13 heavy (non-hydrogen) atoms. The molecule has 1 nitrogen and oxygen atoms in total. The quantitative estimate of drug-likeness (QED) is 0.635. The van der Waals surface area contributed by atoms with E-state index >= 15 is 0 Å². The molecule has 1 heteroatoms. The summed E-state index contributed by atoms with van der Waals surface area (Å²) in [7, 11) is 1.87. The highest BCUT2D eigenvalue weighted by Gasteiger charge is 2.47. The second-order valence-corrected chi connectivity index (χ2v) is 5.55. The van der Waals surface area contributed by atoms with Gasteiger partial charge < -0.3 is 4.74 Å². The maximum absolute atomic E-state index is 5.37. The Morgan fingerprint density at radius 3 is 1.92 bits per heavy atom. The Morgan fingerprint density at radius 2 is 1.46 bits per heavy atom. The first kappa shape index (κ1) is 8.28. The molecule has 0 heterocycles. The van der Waals surface area contributed by atoms with Crippen LogP contribution in [-0.4, -0.2) is 13.7 Å². The molecule has 0 N–H and O–H groups in total. The van der Waals surface area contributed by atoms with Crippen molar-refractivity contribution >= 4 is 0 Å². The van der Waals surface area contributed by atoms with Crippen LogP contribution in [-0.2, 0) is 4.74 Å². The number of ether oxygens (including phenoxy) is 1. The highest BCUT2D eigenvalue weighted by Crippen LogP contribution is 2.56. The van der Waals surface area contributed by atoms with Gasteiger partial charge in [-0.1, -0.05) is 0 Å². The van der Waals surface area contributed by atoms with Crippen molar-refractivity contribution in [3.8, 4) is 0 Å². The van der Waals surface area contributed by atoms with Gasteiger partial charge in [0, 0.05) is 13.7 Å². The lowest BCUT2D eigenvalue weighted by molar-refractivity contribution is -0.0642. The number of hydrogen-bond donors (Lipinski definition) is 0. The van der Waals surface area contributed by atoms with Crippen molar-refractivity contribution in [3.05, 3.63) is 0 Å². The molecule has 0 aromatic carbocycles. The van der Waals surface area contributed by atoms with Crippen LogP contribution in [0.1, 0.15) is 32.1 Å². The largest absolute Gasteiger partial charge is 0.384 e. The van der Waals surface area contributed by atoms with E-state index in [0.717, 1.165) is 36.2 Å². The fraction of sp³-hybridized carbons (Fsp3) is 1.00. The van der Waals surface area contributed by atoms with Gasteiger partial charge in [0.1, 0.15) is 0 Å². The molecule has 4 fully saturated rings. The predicted molar refractivity (Wildman–Crippen MR) is 52.4 cm³/mol. The summed E-state index contributed by atoms with van der Waals surface area (Å²) in [6.45, 7) is 1.04. The van der Waals surface area contributed by atoms with Crippen LogP contribution >= 0.6 is 0 Å². The fourth-order valence-corrected chi connectivity index (χ4v) is 4.50. The van der Waals surface area contributed by atoms with Crippen LogP contribution in [0.25, 0.3) is 0 Å². The Kier molecular flexibility index (Phi) is 1.90. The summed E-state index contributed by atoms with van der Waals surface area (Å²) in [5, 5.41) is 0. The van der Waals surface area contributed by atoms with E-state index in [4.69, 9.17) is 4.74 Å². The van der Waals surface area contributed by atoms with Gasteiger partial charge in [-0.2, -0.15) is 0 Å². The van der Waals surface area contributed by atoms with Gasteiger partial charge in [-0.3, -0.25) is 0 Å². The third kappa shape index (κ3) is 1.24. The van der Waals surface area contributed by atoms with Gasteiger partial charge in [-0.25, -0.2) is 0 Å². The summed E-state index contributed by atoms with van der Waals surface area (Å²) in [6, 6.07) is 0. The summed E-state index contributed by atoms with van der Waals surface area (Å²) < 4.78 is 5.37. The Morgan fingerprint density at radius 1 is 0.923 bits per heavy atom. The summed E-state index contributed by atoms with van der Waals surface area (Å²) in [4.78, 5) is 0. The van der Waals surface area contributed by atoms with Crippen LogP contribution in [0.5, 0.6) is 0 Å². The molecule has 0 aromatic rings. The fourth-order valence-electron chi connectivity index (χ4n) is 4.50. The van der Waals surface area contributed by atoms with Gasteiger partial charge in [-0.15, -0.1) is 0 Å². The molecule has 0 amide bonds. The molecule has 0 aromatic heterocycles. The molecule has 4 saturated carbocycles. The zero-order chi connectivity index (χ0) is 8.84. The topological polar surface area (TPSA) is 9.23 Å². The number of rotatable bonds is 2. The molecule has 0 unspecified atom stereocenters. The first-order valence-electron chi connectivity index (χ1n) is 5.85. The van der Waals surface area contributed by atoms with E-state index < -0.39 is 0 Å². The molecule has 0 radical (unpaired) electrons. The zero-order valence-electron chi connectivity index (χ0n) is 8.54. The van der Waals surface area contributed by atoms with E-state index in [1.54, 1.807) is 6.42 Å². The van der Waals surface area contributed by atoms with Crippen molar-refractivity contribution in [3.63, 3.8) is 0 Å². The lowest BCUT2D eigenvalue weighted by Crippen LogP contribution is -2.46. The summed E-state index contributed by atoms with van der Waals surface area (Å²) in [5.41, 5.74) is 0. The van der Waals surface area contributed by atoms with Crippen LogP contribution in [0, 0.1) is 29.6 Å². The Balaban J connectivity index is 1.77. The lowest BCUT2D eigenvalue weighted by atomic mass is 9.52. The van der Waals surface area contributed by atoms with E-state index in [-0.39, 0.29) is 0 Å². The van der Waals surface area contributed by atoms with Crippen molar-refractivity contribution < 1.29 is 4.74 Å². The number of methoxy groups -OCH3 is 1. The minimum atomic E-state index is 0.929. The van der Waals surface area contributed by atoms with Crippen molar-refractivity contribution in [1.29, 1.82) is 0 Å². The molecule has 74 valence electrons. The van der Waals surface area contributed by atoms with Crippen molar-refractivity contribution in [2.24, 2.45) is 29.6 Å². The monoisotopic (exact) mass is 180 g/mol. The predicted octanol–water partition coefficient (Wildman–Crippen LogP) is 2.71. The lowest BCUT2D eigenvalue weighted by Gasteiger charge is -2.54. The molecule has 0 spiro atoms. The molecular formula is C12H20O. The third-order valence-electron chi connectivity index (χ3n) is 4.78. The molecule has 4 aliphatic rings. The van der Waals surface area contributed by atoms with Gasteiger partial charge in [0.15, 0.2) is 0 Å². The molecule has 0 aliphatic heterocycles. The van der Waals surface area contributed by atoms with Crippen LogP contribution in [0.15, 0.2) is 0 Å². The minimum absolute atomic E-state index is 0.929. The smallest absolute Gasteiger partial charge is 0.0495 e. The Hall–Kier alpha value is -0.0400. The first-order valence-corrected chi connectivity index (χ1v) is 5.85. The highest BCUT2D eigenvalue weighted by molar-refractivity contribution is 4.97. The van der Waals surface area contributed by atoms with Crippen LogP contribution in [0.3, 0.4) is 0 Å². The third-order valence-corrected chi connectivity index (χ3v) is 4.78. The molecule has 4 aliphatic carbocycles. The van der Waals surface area contributed by atoms with Gasteiger partial charge in [0.05, 0.1) is 0 Å². The highest BCUT2D eigenvalue weighted by atomic mass is 16.5. The summed E-state index contributed by atoms with van der Waals surface area (Å²) in [6.07, 6.45) is 7.68. The van der Waals surface area contributed by atoms with E-state index in [1.807, 2.05) is 7.11 Å². The molecule has 0 atom stereocenters. The second-order valence-electron chi connectivity index (χ2n) is 5.55. The Bertz CT molecular complexity index is 171. The number of hydrogen-bond acceptors (Lipinski definition) is 1. The van der Waals surface area contributed by atoms with Gasteiger partial charge in [0.2, 0.25) is 0 Å². The minimum Gasteiger partial charge on any atom is -0.384 e. The van der Waals surface area contributed by atoms with Crippen molar-refractivity contribution in [2.45, 2.75) is 32.1 Å². The average molecular weight is 180 g/mol. The van der Waals surface area contributed by atoms with Gasteiger partial charge in [-0.05, 0) is 61.7 Å². The van der Waals surface area contributed by atoms with Gasteiger partial charge >= 0.3 is 0 Å². The Labute approximate surface area is 80.8 Å². The molecular weight excluding hydrogens is 160 g/mol. The van der Waals surface area contributed by atoms with Crippen molar-refractivity contribution in [1.82, 2.24) is 0 Å². The molecule has 0 saturated heterocycles. The maximum Gasteiger partial charge on any atom is 0.0495 e. The SMILES string of the molecule is COCC1C2CC3CC(C2)CC1C3. The van der Waals surface area contributed by atoms with Crippen molar-refractivity contribution in [2.75, 3.05) is 13.7 Å². The molecule has 4 bridgehead atoms. The standard InChI is InChI=1S/C12H20O/c1-13-7-12-10-3-8-2-9(5-10)6-11(12)4-8/h8-12H,2-7H2,1H3. The summed E-state index contributed by atoms with van der Waals surface area (Å²) in [5.74, 6) is 5.22. The molecule has 4 rings (SSSR count). The summed E-state index contributed by atoms with van der Waals surface area (Å²) >= 11 is 0. The van der Waals surface area contributed by atoms with E-state index in [0.29, 0.717) is 0 Å². The van der Waals surface area contributed by atoms with E-state index in [1.165, 1.54) is 25.7 Å². The van der Waals surface area contributed by atoms with Crippen LogP contribution in [0.2, 0.25) is 0 Å². The van der Waals surface area contributed by atoms with E-state index in [9.17, 15) is 0 Å². The maximum atomic E-state index is 5.37. The van der Waals surface area contributed by atoms with E-state index in [2.05, 4.69) is 0 Å². The first-order chi connectivity index (χ1) is 6.36. The van der Waals surface area contributed by atoms with Crippen LogP contribution < -0.4 is 0 Å².